The van der Waals surface area contributed by atoms with Crippen LogP contribution in [0.3, 0.4) is 0 Å². The molecule has 2 aromatic rings. The maximum absolute atomic E-state index is 12.7. The van der Waals surface area contributed by atoms with Crippen LogP contribution < -0.4 is 20.3 Å². The van der Waals surface area contributed by atoms with E-state index >= 15 is 0 Å². The van der Waals surface area contributed by atoms with Crippen LogP contribution in [-0.4, -0.2) is 50.4 Å². The van der Waals surface area contributed by atoms with E-state index in [1.165, 1.54) is 0 Å². The average molecular weight is 438 g/mol. The van der Waals surface area contributed by atoms with Crippen LogP contribution in [0.4, 0.5) is 11.4 Å². The molecule has 2 aliphatic rings. The molecule has 6 heteroatoms. The van der Waals surface area contributed by atoms with Crippen molar-refractivity contribution >= 4 is 17.3 Å². The molecule has 0 aliphatic carbocycles. The lowest BCUT2D eigenvalue weighted by atomic mass is 9.92. The van der Waals surface area contributed by atoms with Crippen molar-refractivity contribution in [2.24, 2.45) is 0 Å². The molecule has 32 heavy (non-hydrogen) atoms. The molecule has 1 amide bonds. The standard InChI is InChI=1S/C26H35N3O3/c1-26(2)18-21(13-16-32-26)27-19-11-14-29(15-12-19)22-8-6-7-20(17-22)28-25(30)23-9-4-5-10-24(23)31-3/h4-10,17,19,21,27H,11-16,18H2,1-3H3,(H,28,30)/t21-/m0/s1. The number of piperidine rings is 1. The number of amides is 1. The van der Waals surface area contributed by atoms with E-state index in [0.717, 1.165) is 56.8 Å². The summed E-state index contributed by atoms with van der Waals surface area (Å²) in [5.74, 6) is 0.408. The molecule has 2 N–H and O–H groups in total. The highest BCUT2D eigenvalue weighted by atomic mass is 16.5. The fourth-order valence-electron chi connectivity index (χ4n) is 4.82. The molecular formula is C26H35N3O3. The van der Waals surface area contributed by atoms with Gasteiger partial charge in [0.1, 0.15) is 5.75 Å². The van der Waals surface area contributed by atoms with Crippen LogP contribution in [0, 0.1) is 0 Å². The van der Waals surface area contributed by atoms with Gasteiger partial charge in [-0.2, -0.15) is 0 Å². The van der Waals surface area contributed by atoms with Gasteiger partial charge in [0.05, 0.1) is 18.3 Å². The van der Waals surface area contributed by atoms with Crippen LogP contribution in [-0.2, 0) is 4.74 Å². The minimum Gasteiger partial charge on any atom is -0.496 e. The van der Waals surface area contributed by atoms with Crippen LogP contribution in [0.1, 0.15) is 49.9 Å². The van der Waals surface area contributed by atoms with Crippen molar-refractivity contribution in [2.75, 3.05) is 37.0 Å². The molecule has 1 atom stereocenters. The number of rotatable bonds is 6. The van der Waals surface area contributed by atoms with E-state index in [1.54, 1.807) is 19.2 Å². The number of carbonyl (C=O) groups excluding carboxylic acids is 1. The Morgan fingerprint density at radius 2 is 1.84 bits per heavy atom. The fourth-order valence-corrected chi connectivity index (χ4v) is 4.82. The van der Waals surface area contributed by atoms with Gasteiger partial charge < -0.3 is 25.0 Å². The highest BCUT2D eigenvalue weighted by Gasteiger charge is 2.31. The molecule has 172 valence electrons. The maximum Gasteiger partial charge on any atom is 0.259 e. The number of hydrogen-bond acceptors (Lipinski definition) is 5. The minimum atomic E-state index is -0.165. The summed E-state index contributed by atoms with van der Waals surface area (Å²) in [6, 6.07) is 16.5. The van der Waals surface area contributed by atoms with Gasteiger partial charge in [0.15, 0.2) is 0 Å². The highest BCUT2D eigenvalue weighted by molar-refractivity contribution is 6.06. The van der Waals surface area contributed by atoms with Gasteiger partial charge in [0.2, 0.25) is 0 Å². The van der Waals surface area contributed by atoms with Crippen molar-refractivity contribution in [3.63, 3.8) is 0 Å². The topological polar surface area (TPSA) is 62.8 Å². The summed E-state index contributed by atoms with van der Waals surface area (Å²) in [7, 11) is 1.58. The first-order chi connectivity index (χ1) is 15.4. The Morgan fingerprint density at radius 3 is 2.59 bits per heavy atom. The molecule has 2 fully saturated rings. The van der Waals surface area contributed by atoms with Gasteiger partial charge in [-0.15, -0.1) is 0 Å². The van der Waals surface area contributed by atoms with E-state index in [4.69, 9.17) is 9.47 Å². The van der Waals surface area contributed by atoms with Crippen LogP contribution in [0.2, 0.25) is 0 Å². The number of anilines is 2. The van der Waals surface area contributed by atoms with Gasteiger partial charge in [0, 0.05) is 43.2 Å². The van der Waals surface area contributed by atoms with Gasteiger partial charge in [-0.3, -0.25) is 4.79 Å². The monoisotopic (exact) mass is 437 g/mol. The molecule has 0 bridgehead atoms. The molecule has 2 aromatic carbocycles. The van der Waals surface area contributed by atoms with Crippen molar-refractivity contribution in [3.8, 4) is 5.75 Å². The van der Waals surface area contributed by atoms with E-state index in [0.29, 0.717) is 23.4 Å². The molecule has 0 unspecified atom stereocenters. The molecule has 0 saturated carbocycles. The van der Waals surface area contributed by atoms with Crippen molar-refractivity contribution in [1.29, 1.82) is 0 Å². The molecule has 0 aromatic heterocycles. The first-order valence-corrected chi connectivity index (χ1v) is 11.6. The highest BCUT2D eigenvalue weighted by Crippen LogP contribution is 2.27. The summed E-state index contributed by atoms with van der Waals surface area (Å²) in [6.45, 7) is 7.23. The number of carbonyl (C=O) groups is 1. The second-order valence-corrected chi connectivity index (χ2v) is 9.43. The van der Waals surface area contributed by atoms with E-state index < -0.39 is 0 Å². The van der Waals surface area contributed by atoms with Crippen LogP contribution >= 0.6 is 0 Å². The van der Waals surface area contributed by atoms with Crippen molar-refractivity contribution in [3.05, 3.63) is 54.1 Å². The molecule has 0 spiro atoms. The predicted octanol–water partition coefficient (Wildman–Crippen LogP) is 4.46. The van der Waals surface area contributed by atoms with Gasteiger partial charge >= 0.3 is 0 Å². The molecule has 6 nitrogen and oxygen atoms in total. The second kappa shape index (κ2) is 9.92. The number of methoxy groups -OCH3 is 1. The van der Waals surface area contributed by atoms with E-state index in [2.05, 4.69) is 41.5 Å². The molecular weight excluding hydrogens is 402 g/mol. The van der Waals surface area contributed by atoms with Crippen LogP contribution in [0.5, 0.6) is 5.75 Å². The molecule has 4 rings (SSSR count). The summed E-state index contributed by atoms with van der Waals surface area (Å²) in [4.78, 5) is 15.1. The second-order valence-electron chi connectivity index (χ2n) is 9.43. The predicted molar refractivity (Wildman–Crippen MR) is 129 cm³/mol. The minimum absolute atomic E-state index is 0.0226. The lowest BCUT2D eigenvalue weighted by Crippen LogP contribution is -2.50. The first-order valence-electron chi connectivity index (χ1n) is 11.6. The summed E-state index contributed by atoms with van der Waals surface area (Å²) < 4.78 is 11.2. The Labute approximate surface area is 191 Å². The molecule has 2 aliphatic heterocycles. The maximum atomic E-state index is 12.7. The Kier molecular flexibility index (Phi) is 7.01. The van der Waals surface area contributed by atoms with E-state index in [1.807, 2.05) is 24.3 Å². The van der Waals surface area contributed by atoms with Crippen molar-refractivity contribution in [2.45, 2.75) is 57.2 Å². The van der Waals surface area contributed by atoms with Gasteiger partial charge in [-0.05, 0) is 69.9 Å². The number of hydrogen-bond donors (Lipinski definition) is 2. The fraction of sp³-hybridized carbons (Fsp3) is 0.500. The summed E-state index contributed by atoms with van der Waals surface area (Å²) in [6.07, 6.45) is 4.41. The number of para-hydroxylation sites is 1. The summed E-state index contributed by atoms with van der Waals surface area (Å²) in [5, 5.41) is 6.89. The first kappa shape index (κ1) is 22.6. The average Bonchev–Trinajstić information content (AvgIpc) is 2.79. The van der Waals surface area contributed by atoms with E-state index in [9.17, 15) is 4.79 Å². The van der Waals surface area contributed by atoms with Gasteiger partial charge in [0.25, 0.3) is 5.91 Å². The molecule has 0 radical (unpaired) electrons. The third-order valence-electron chi connectivity index (χ3n) is 6.48. The zero-order chi connectivity index (χ0) is 22.6. The number of nitrogens with zero attached hydrogens (tertiary/aromatic N) is 1. The third kappa shape index (κ3) is 5.61. The van der Waals surface area contributed by atoms with Gasteiger partial charge in [-0.25, -0.2) is 0 Å². The Morgan fingerprint density at radius 1 is 1.06 bits per heavy atom. The summed E-state index contributed by atoms with van der Waals surface area (Å²) >= 11 is 0. The number of nitrogens with one attached hydrogen (secondary N) is 2. The van der Waals surface area contributed by atoms with E-state index in [-0.39, 0.29) is 11.5 Å². The zero-order valence-corrected chi connectivity index (χ0v) is 19.4. The Bertz CT molecular complexity index is 922. The van der Waals surface area contributed by atoms with Gasteiger partial charge in [-0.1, -0.05) is 18.2 Å². The third-order valence-corrected chi connectivity index (χ3v) is 6.48. The van der Waals surface area contributed by atoms with Crippen LogP contribution in [0.15, 0.2) is 48.5 Å². The Hall–Kier alpha value is -2.57. The van der Waals surface area contributed by atoms with Crippen molar-refractivity contribution < 1.29 is 14.3 Å². The lowest BCUT2D eigenvalue weighted by molar-refractivity contribution is -0.0644. The largest absolute Gasteiger partial charge is 0.496 e. The lowest BCUT2D eigenvalue weighted by Gasteiger charge is -2.40. The smallest absolute Gasteiger partial charge is 0.259 e. The van der Waals surface area contributed by atoms with Crippen LogP contribution in [0.25, 0.3) is 0 Å². The summed E-state index contributed by atoms with van der Waals surface area (Å²) in [5.41, 5.74) is 2.45. The number of benzene rings is 2. The quantitative estimate of drug-likeness (QED) is 0.699. The molecule has 2 saturated heterocycles. The zero-order valence-electron chi connectivity index (χ0n) is 19.4. The molecule has 2 heterocycles. The number of ether oxygens (including phenoxy) is 2. The normalized spacial score (nSPS) is 21.2. The van der Waals surface area contributed by atoms with Crippen molar-refractivity contribution in [1.82, 2.24) is 5.32 Å². The SMILES string of the molecule is COc1ccccc1C(=O)Nc1cccc(N2CCC(N[C@H]3CCOC(C)(C)C3)CC2)c1. The Balaban J connectivity index is 1.33.